The highest BCUT2D eigenvalue weighted by molar-refractivity contribution is 6.30. The van der Waals surface area contributed by atoms with E-state index in [1.54, 1.807) is 6.07 Å². The SMILES string of the molecule is O=C(c1ccccc1)N1C2CCC1CC(CNCC1COc3ccc(Cl)cc3O1)C2. The molecule has 2 saturated heterocycles. The fourth-order valence-electron chi connectivity index (χ4n) is 5.16. The van der Waals surface area contributed by atoms with Crippen LogP contribution in [0, 0.1) is 5.92 Å². The van der Waals surface area contributed by atoms with Gasteiger partial charge in [0, 0.05) is 35.3 Å². The number of fused-ring (bicyclic) bond motifs is 3. The van der Waals surface area contributed by atoms with Crippen LogP contribution in [0.15, 0.2) is 48.5 Å². The van der Waals surface area contributed by atoms with Gasteiger partial charge in [0.05, 0.1) is 0 Å². The molecule has 3 unspecified atom stereocenters. The van der Waals surface area contributed by atoms with E-state index >= 15 is 0 Å². The first kappa shape index (κ1) is 19.7. The van der Waals surface area contributed by atoms with Crippen LogP contribution in [-0.2, 0) is 0 Å². The maximum Gasteiger partial charge on any atom is 0.254 e. The van der Waals surface area contributed by atoms with Crippen LogP contribution in [0.5, 0.6) is 11.5 Å². The molecule has 2 aromatic rings. The number of halogens is 1. The largest absolute Gasteiger partial charge is 0.486 e. The zero-order chi connectivity index (χ0) is 20.5. The third-order valence-electron chi connectivity index (χ3n) is 6.52. The van der Waals surface area contributed by atoms with Crippen molar-refractivity contribution in [2.24, 2.45) is 5.92 Å². The van der Waals surface area contributed by atoms with Gasteiger partial charge in [0.25, 0.3) is 5.91 Å². The molecule has 2 aromatic carbocycles. The van der Waals surface area contributed by atoms with Crippen LogP contribution in [0.25, 0.3) is 0 Å². The summed E-state index contributed by atoms with van der Waals surface area (Å²) in [5.41, 5.74) is 0.806. The molecule has 1 N–H and O–H groups in total. The molecule has 5 nitrogen and oxygen atoms in total. The summed E-state index contributed by atoms with van der Waals surface area (Å²) >= 11 is 6.06. The molecule has 0 saturated carbocycles. The van der Waals surface area contributed by atoms with Crippen LogP contribution in [-0.4, -0.2) is 48.7 Å². The Hall–Kier alpha value is -2.24. The van der Waals surface area contributed by atoms with Gasteiger partial charge in [-0.15, -0.1) is 0 Å². The van der Waals surface area contributed by atoms with E-state index in [0.29, 0.717) is 35.4 Å². The van der Waals surface area contributed by atoms with Crippen LogP contribution < -0.4 is 14.8 Å². The van der Waals surface area contributed by atoms with Gasteiger partial charge in [0.1, 0.15) is 12.7 Å². The number of amides is 1. The monoisotopic (exact) mass is 426 g/mol. The number of ether oxygens (including phenoxy) is 2. The number of benzene rings is 2. The molecule has 0 aromatic heterocycles. The molecule has 6 heteroatoms. The van der Waals surface area contributed by atoms with Crippen molar-refractivity contribution in [1.82, 2.24) is 10.2 Å². The Morgan fingerprint density at radius 3 is 2.57 bits per heavy atom. The second kappa shape index (κ2) is 8.48. The number of hydrogen-bond donors (Lipinski definition) is 1. The summed E-state index contributed by atoms with van der Waals surface area (Å²) in [6.45, 7) is 2.23. The Kier molecular flexibility index (Phi) is 5.57. The van der Waals surface area contributed by atoms with Crippen molar-refractivity contribution < 1.29 is 14.3 Å². The highest BCUT2D eigenvalue weighted by Gasteiger charge is 2.43. The van der Waals surface area contributed by atoms with Gasteiger partial charge >= 0.3 is 0 Å². The molecular formula is C24H27ClN2O3. The van der Waals surface area contributed by atoms with Crippen LogP contribution in [0.1, 0.15) is 36.0 Å². The highest BCUT2D eigenvalue weighted by atomic mass is 35.5. The Bertz CT molecular complexity index is 893. The number of rotatable bonds is 5. The Balaban J connectivity index is 1.12. The molecule has 5 rings (SSSR count). The summed E-state index contributed by atoms with van der Waals surface area (Å²) < 4.78 is 11.8. The summed E-state index contributed by atoms with van der Waals surface area (Å²) in [6, 6.07) is 15.9. The topological polar surface area (TPSA) is 50.8 Å². The first-order chi connectivity index (χ1) is 14.7. The lowest BCUT2D eigenvalue weighted by Crippen LogP contribution is -2.48. The molecular weight excluding hydrogens is 400 g/mol. The first-order valence-corrected chi connectivity index (χ1v) is 11.2. The Morgan fingerprint density at radius 1 is 1.03 bits per heavy atom. The third kappa shape index (κ3) is 4.01. The number of nitrogens with one attached hydrogen (secondary N) is 1. The van der Waals surface area contributed by atoms with Crippen molar-refractivity contribution in [3.8, 4) is 11.5 Å². The fraction of sp³-hybridized carbons (Fsp3) is 0.458. The first-order valence-electron chi connectivity index (χ1n) is 10.8. The summed E-state index contributed by atoms with van der Waals surface area (Å²) in [5.74, 6) is 2.25. The molecule has 2 fully saturated rings. The van der Waals surface area contributed by atoms with E-state index in [1.165, 1.54) is 0 Å². The van der Waals surface area contributed by atoms with E-state index in [-0.39, 0.29) is 12.0 Å². The van der Waals surface area contributed by atoms with Gasteiger partial charge in [-0.05, 0) is 62.4 Å². The summed E-state index contributed by atoms with van der Waals surface area (Å²) in [6.07, 6.45) is 4.37. The molecule has 0 spiro atoms. The van der Waals surface area contributed by atoms with Crippen molar-refractivity contribution in [2.75, 3.05) is 19.7 Å². The van der Waals surface area contributed by atoms with Crippen LogP contribution in [0.2, 0.25) is 5.02 Å². The molecule has 1 amide bonds. The molecule has 3 aliphatic rings. The molecule has 158 valence electrons. The van der Waals surface area contributed by atoms with Gasteiger partial charge in [0.2, 0.25) is 0 Å². The smallest absolute Gasteiger partial charge is 0.254 e. The predicted molar refractivity (Wildman–Crippen MR) is 116 cm³/mol. The summed E-state index contributed by atoms with van der Waals surface area (Å²) in [7, 11) is 0. The van der Waals surface area contributed by atoms with E-state index < -0.39 is 0 Å². The molecule has 3 aliphatic heterocycles. The van der Waals surface area contributed by atoms with Gasteiger partial charge in [-0.25, -0.2) is 0 Å². The number of carbonyl (C=O) groups excluding carboxylic acids is 1. The van der Waals surface area contributed by atoms with E-state index in [0.717, 1.165) is 50.1 Å². The van der Waals surface area contributed by atoms with Crippen molar-refractivity contribution >= 4 is 17.5 Å². The van der Waals surface area contributed by atoms with Crippen LogP contribution in [0.4, 0.5) is 0 Å². The Labute approximate surface area is 182 Å². The van der Waals surface area contributed by atoms with Crippen molar-refractivity contribution in [3.63, 3.8) is 0 Å². The molecule has 2 bridgehead atoms. The lowest BCUT2D eigenvalue weighted by Gasteiger charge is -2.39. The molecule has 3 heterocycles. The summed E-state index contributed by atoms with van der Waals surface area (Å²) in [5, 5.41) is 4.22. The van der Waals surface area contributed by atoms with Crippen LogP contribution >= 0.6 is 11.6 Å². The average molecular weight is 427 g/mol. The third-order valence-corrected chi connectivity index (χ3v) is 6.75. The summed E-state index contributed by atoms with van der Waals surface area (Å²) in [4.78, 5) is 15.1. The van der Waals surface area contributed by atoms with Gasteiger partial charge in [-0.1, -0.05) is 29.8 Å². The average Bonchev–Trinajstić information content (AvgIpc) is 3.03. The second-order valence-electron chi connectivity index (χ2n) is 8.60. The lowest BCUT2D eigenvalue weighted by atomic mass is 9.90. The molecule has 0 radical (unpaired) electrons. The maximum absolute atomic E-state index is 13.0. The normalized spacial score (nSPS) is 27.2. The maximum atomic E-state index is 13.0. The van der Waals surface area contributed by atoms with Gasteiger partial charge < -0.3 is 19.7 Å². The van der Waals surface area contributed by atoms with E-state index in [9.17, 15) is 4.79 Å². The van der Waals surface area contributed by atoms with E-state index in [4.69, 9.17) is 21.1 Å². The minimum atomic E-state index is -0.0209. The predicted octanol–water partition coefficient (Wildman–Crippen LogP) is 4.15. The van der Waals surface area contributed by atoms with E-state index in [1.807, 2.05) is 42.5 Å². The van der Waals surface area contributed by atoms with Gasteiger partial charge in [-0.2, -0.15) is 0 Å². The standard InChI is InChI=1S/C24H27ClN2O3/c25-18-6-9-22-23(12-18)30-21(15-29-22)14-26-13-16-10-19-7-8-20(11-16)27(19)24(28)17-4-2-1-3-5-17/h1-6,9,12,16,19-21,26H,7-8,10-11,13-15H2. The van der Waals surface area contributed by atoms with Crippen molar-refractivity contribution in [1.29, 1.82) is 0 Å². The minimum Gasteiger partial charge on any atom is -0.486 e. The zero-order valence-corrected chi connectivity index (χ0v) is 17.7. The number of piperidine rings is 1. The second-order valence-corrected chi connectivity index (χ2v) is 9.04. The van der Waals surface area contributed by atoms with Gasteiger partial charge in [0.15, 0.2) is 11.5 Å². The quantitative estimate of drug-likeness (QED) is 0.780. The van der Waals surface area contributed by atoms with Crippen LogP contribution in [0.3, 0.4) is 0 Å². The number of hydrogen-bond acceptors (Lipinski definition) is 4. The van der Waals surface area contributed by atoms with Crippen molar-refractivity contribution in [3.05, 3.63) is 59.1 Å². The molecule has 0 aliphatic carbocycles. The Morgan fingerprint density at radius 2 is 1.80 bits per heavy atom. The zero-order valence-electron chi connectivity index (χ0n) is 16.9. The van der Waals surface area contributed by atoms with Crippen molar-refractivity contribution in [2.45, 2.75) is 43.9 Å². The minimum absolute atomic E-state index is 0.0209. The van der Waals surface area contributed by atoms with E-state index in [2.05, 4.69) is 10.2 Å². The van der Waals surface area contributed by atoms with Gasteiger partial charge in [-0.3, -0.25) is 4.79 Å². The molecule has 3 atom stereocenters. The number of nitrogens with zero attached hydrogens (tertiary/aromatic N) is 1. The lowest BCUT2D eigenvalue weighted by molar-refractivity contribution is 0.0515. The molecule has 30 heavy (non-hydrogen) atoms. The number of carbonyl (C=O) groups is 1. The highest BCUT2D eigenvalue weighted by Crippen LogP contribution is 2.39. The fourth-order valence-corrected chi connectivity index (χ4v) is 5.32.